The Bertz CT molecular complexity index is 689. The second-order valence-corrected chi connectivity index (χ2v) is 5.39. The Morgan fingerprint density at radius 1 is 1.57 bits per heavy atom. The van der Waals surface area contributed by atoms with Gasteiger partial charge in [-0.25, -0.2) is 4.39 Å². The van der Waals surface area contributed by atoms with E-state index < -0.39 is 5.82 Å². The lowest BCUT2D eigenvalue weighted by atomic mass is 10.1. The van der Waals surface area contributed by atoms with E-state index in [2.05, 4.69) is 10.2 Å². The third kappa shape index (κ3) is 3.50. The number of carbonyl (C=O) groups excluding carboxylic acids is 1. The van der Waals surface area contributed by atoms with Crippen LogP contribution in [0.25, 0.3) is 0 Å². The van der Waals surface area contributed by atoms with E-state index in [-0.39, 0.29) is 18.6 Å². The first-order valence-corrected chi connectivity index (χ1v) is 7.40. The van der Waals surface area contributed by atoms with E-state index in [0.29, 0.717) is 25.5 Å². The van der Waals surface area contributed by atoms with Crippen LogP contribution in [0.2, 0.25) is 0 Å². The minimum Gasteiger partial charge on any atom is -0.484 e. The number of H-pyrrole nitrogens is 1. The van der Waals surface area contributed by atoms with Crippen LogP contribution in [0.4, 0.5) is 4.39 Å². The highest BCUT2D eigenvalue weighted by atomic mass is 19.1. The van der Waals surface area contributed by atoms with Crippen LogP contribution >= 0.6 is 0 Å². The lowest BCUT2D eigenvalue weighted by molar-refractivity contribution is -0.142. The number of amides is 1. The van der Waals surface area contributed by atoms with Crippen molar-refractivity contribution in [3.63, 3.8) is 0 Å². The molecule has 0 spiro atoms. The molecule has 1 N–H and O–H groups in total. The molecule has 1 atom stereocenters. The zero-order valence-corrected chi connectivity index (χ0v) is 12.8. The molecule has 0 bridgehead atoms. The lowest BCUT2D eigenvalue weighted by Crippen LogP contribution is -2.45. The number of morpholine rings is 1. The topological polar surface area (TPSA) is 67.5 Å². The number of nitrogens with zero attached hydrogens (tertiary/aromatic N) is 2. The summed E-state index contributed by atoms with van der Waals surface area (Å²) in [4.78, 5) is 14.2. The van der Waals surface area contributed by atoms with Crippen molar-refractivity contribution in [3.05, 3.63) is 47.5 Å². The highest BCUT2D eigenvalue weighted by molar-refractivity contribution is 5.78. The smallest absolute Gasteiger partial charge is 0.261 e. The molecule has 0 saturated carbocycles. The third-order valence-corrected chi connectivity index (χ3v) is 3.81. The summed E-state index contributed by atoms with van der Waals surface area (Å²) in [5, 5.41) is 6.93. The SMILES string of the molecule is Cc1cn[nH]c1C1COCCN1C(=O)COc1cccc(F)c1. The Hall–Kier alpha value is -2.41. The second-order valence-electron chi connectivity index (χ2n) is 5.39. The van der Waals surface area contributed by atoms with Crippen molar-refractivity contribution in [2.24, 2.45) is 0 Å². The number of hydrogen-bond donors (Lipinski definition) is 1. The van der Waals surface area contributed by atoms with Gasteiger partial charge in [-0.05, 0) is 24.6 Å². The van der Waals surface area contributed by atoms with Crippen LogP contribution in [0, 0.1) is 12.7 Å². The van der Waals surface area contributed by atoms with Gasteiger partial charge in [-0.3, -0.25) is 9.89 Å². The van der Waals surface area contributed by atoms with Gasteiger partial charge >= 0.3 is 0 Å². The Balaban J connectivity index is 1.68. The number of nitrogens with one attached hydrogen (secondary N) is 1. The Labute approximate surface area is 133 Å². The van der Waals surface area contributed by atoms with Gasteiger partial charge in [-0.2, -0.15) is 5.10 Å². The van der Waals surface area contributed by atoms with Crippen LogP contribution in [0.3, 0.4) is 0 Å². The van der Waals surface area contributed by atoms with Crippen molar-refractivity contribution >= 4 is 5.91 Å². The summed E-state index contributed by atoms with van der Waals surface area (Å²) >= 11 is 0. The van der Waals surface area contributed by atoms with Gasteiger partial charge in [-0.15, -0.1) is 0 Å². The quantitative estimate of drug-likeness (QED) is 0.934. The van der Waals surface area contributed by atoms with E-state index >= 15 is 0 Å². The van der Waals surface area contributed by atoms with E-state index in [9.17, 15) is 9.18 Å². The average Bonchev–Trinajstić information content (AvgIpc) is 2.98. The molecule has 2 heterocycles. The van der Waals surface area contributed by atoms with Gasteiger partial charge in [0.1, 0.15) is 11.6 Å². The van der Waals surface area contributed by atoms with Gasteiger partial charge in [0.05, 0.1) is 31.1 Å². The van der Waals surface area contributed by atoms with Crippen molar-refractivity contribution in [2.75, 3.05) is 26.4 Å². The molecular formula is C16H18FN3O3. The number of halogens is 1. The highest BCUT2D eigenvalue weighted by Crippen LogP contribution is 2.25. The molecule has 23 heavy (non-hydrogen) atoms. The van der Waals surface area contributed by atoms with Crippen molar-refractivity contribution in [1.82, 2.24) is 15.1 Å². The molecule has 122 valence electrons. The van der Waals surface area contributed by atoms with Crippen LogP contribution in [0.15, 0.2) is 30.5 Å². The molecule has 1 aliphatic rings. The van der Waals surface area contributed by atoms with Gasteiger partial charge in [-0.1, -0.05) is 6.07 Å². The number of aromatic amines is 1. The van der Waals surface area contributed by atoms with Crippen molar-refractivity contribution < 1.29 is 18.7 Å². The summed E-state index contributed by atoms with van der Waals surface area (Å²) in [6.45, 7) is 3.16. The van der Waals surface area contributed by atoms with E-state index in [1.165, 1.54) is 12.1 Å². The monoisotopic (exact) mass is 319 g/mol. The minimum absolute atomic E-state index is 0.146. The number of ether oxygens (including phenoxy) is 2. The molecule has 3 rings (SSSR count). The number of rotatable bonds is 4. The van der Waals surface area contributed by atoms with Crippen molar-refractivity contribution in [3.8, 4) is 5.75 Å². The van der Waals surface area contributed by atoms with E-state index in [1.807, 2.05) is 6.92 Å². The zero-order valence-electron chi connectivity index (χ0n) is 12.8. The predicted molar refractivity (Wildman–Crippen MR) is 80.5 cm³/mol. The molecule has 1 amide bonds. The number of carbonyl (C=O) groups is 1. The van der Waals surface area contributed by atoms with Crippen LogP contribution in [0.5, 0.6) is 5.75 Å². The maximum atomic E-state index is 13.1. The first-order valence-electron chi connectivity index (χ1n) is 7.40. The number of hydrogen-bond acceptors (Lipinski definition) is 4. The van der Waals surface area contributed by atoms with Crippen LogP contribution in [-0.4, -0.2) is 47.4 Å². The molecule has 0 aliphatic carbocycles. The standard InChI is InChI=1S/C16H18FN3O3/c1-11-8-18-19-16(11)14-9-22-6-5-20(14)15(21)10-23-13-4-2-3-12(17)7-13/h2-4,7-8,14H,5-6,9-10H2,1H3,(H,18,19). The van der Waals surface area contributed by atoms with E-state index in [0.717, 1.165) is 11.3 Å². The molecule has 1 aliphatic heterocycles. The number of aromatic nitrogens is 2. The van der Waals surface area contributed by atoms with E-state index in [1.54, 1.807) is 23.2 Å². The summed E-state index contributed by atoms with van der Waals surface area (Å²) in [5.41, 5.74) is 1.84. The molecular weight excluding hydrogens is 301 g/mol. The maximum absolute atomic E-state index is 13.1. The third-order valence-electron chi connectivity index (χ3n) is 3.81. The normalized spacial score (nSPS) is 18.0. The van der Waals surface area contributed by atoms with Crippen molar-refractivity contribution in [2.45, 2.75) is 13.0 Å². The molecule has 6 nitrogen and oxygen atoms in total. The van der Waals surface area contributed by atoms with Crippen LogP contribution < -0.4 is 4.74 Å². The first kappa shape index (κ1) is 15.5. The Morgan fingerprint density at radius 3 is 3.17 bits per heavy atom. The van der Waals surface area contributed by atoms with E-state index in [4.69, 9.17) is 9.47 Å². The molecule has 7 heteroatoms. The Morgan fingerprint density at radius 2 is 2.43 bits per heavy atom. The van der Waals surface area contributed by atoms with Crippen molar-refractivity contribution in [1.29, 1.82) is 0 Å². The zero-order chi connectivity index (χ0) is 16.2. The molecule has 1 saturated heterocycles. The first-order chi connectivity index (χ1) is 11.1. The molecule has 2 aromatic rings. The largest absolute Gasteiger partial charge is 0.484 e. The summed E-state index contributed by atoms with van der Waals surface area (Å²) in [6, 6.07) is 5.53. The summed E-state index contributed by atoms with van der Waals surface area (Å²) in [5.74, 6) is -0.232. The fourth-order valence-electron chi connectivity index (χ4n) is 2.62. The minimum atomic E-state index is -0.396. The summed E-state index contributed by atoms with van der Waals surface area (Å²) in [7, 11) is 0. The molecule has 1 aromatic heterocycles. The lowest BCUT2D eigenvalue weighted by Gasteiger charge is -2.35. The van der Waals surface area contributed by atoms with Gasteiger partial charge in [0.2, 0.25) is 0 Å². The number of benzene rings is 1. The number of aryl methyl sites for hydroxylation is 1. The van der Waals surface area contributed by atoms with Gasteiger partial charge < -0.3 is 14.4 Å². The summed E-state index contributed by atoms with van der Waals surface area (Å²) in [6.07, 6.45) is 1.72. The van der Waals surface area contributed by atoms with Crippen LogP contribution in [-0.2, 0) is 9.53 Å². The van der Waals surface area contributed by atoms with Crippen LogP contribution in [0.1, 0.15) is 17.3 Å². The summed E-state index contributed by atoms with van der Waals surface area (Å²) < 4.78 is 24.0. The predicted octanol–water partition coefficient (Wildman–Crippen LogP) is 1.84. The molecule has 1 aromatic carbocycles. The molecule has 0 radical (unpaired) electrons. The fraction of sp³-hybridized carbons (Fsp3) is 0.375. The van der Waals surface area contributed by atoms with Gasteiger partial charge in [0.15, 0.2) is 6.61 Å². The molecule has 1 unspecified atom stereocenters. The highest BCUT2D eigenvalue weighted by Gasteiger charge is 2.30. The second kappa shape index (κ2) is 6.78. The maximum Gasteiger partial charge on any atom is 0.261 e. The average molecular weight is 319 g/mol. The van der Waals surface area contributed by atoms with Gasteiger partial charge in [0.25, 0.3) is 5.91 Å². The fourth-order valence-corrected chi connectivity index (χ4v) is 2.62. The van der Waals surface area contributed by atoms with Gasteiger partial charge in [0, 0.05) is 12.6 Å². The Kier molecular flexibility index (Phi) is 4.57. The molecule has 1 fully saturated rings.